The van der Waals surface area contributed by atoms with E-state index in [1.807, 2.05) is 11.3 Å². The first-order chi connectivity index (χ1) is 6.59. The molecule has 0 bridgehead atoms. The predicted octanol–water partition coefficient (Wildman–Crippen LogP) is 4.32. The molecule has 1 heterocycles. The fourth-order valence-electron chi connectivity index (χ4n) is 2.68. The van der Waals surface area contributed by atoms with Crippen molar-refractivity contribution in [1.29, 1.82) is 0 Å². The summed E-state index contributed by atoms with van der Waals surface area (Å²) in [4.78, 5) is 1.57. The second-order valence-corrected chi connectivity index (χ2v) is 5.70. The second-order valence-electron chi connectivity index (χ2n) is 4.78. The van der Waals surface area contributed by atoms with Crippen LogP contribution < -0.4 is 0 Å². The van der Waals surface area contributed by atoms with E-state index in [2.05, 4.69) is 51.3 Å². The average molecular weight is 206 g/mol. The van der Waals surface area contributed by atoms with Crippen LogP contribution in [-0.2, 0) is 5.41 Å². The number of thiophene rings is 1. The third kappa shape index (κ3) is 1.12. The van der Waals surface area contributed by atoms with E-state index in [9.17, 15) is 0 Å². The van der Waals surface area contributed by atoms with Gasteiger partial charge in [0.2, 0.25) is 0 Å². The van der Waals surface area contributed by atoms with E-state index in [0.29, 0.717) is 17.3 Å². The Kier molecular flexibility index (Phi) is 2.30. The van der Waals surface area contributed by atoms with Gasteiger partial charge in [0.1, 0.15) is 0 Å². The van der Waals surface area contributed by atoms with E-state index in [0.717, 1.165) is 0 Å². The van der Waals surface area contributed by atoms with Crippen molar-refractivity contribution in [3.8, 4) is 0 Å². The van der Waals surface area contributed by atoms with E-state index in [1.54, 1.807) is 4.88 Å². The summed E-state index contributed by atoms with van der Waals surface area (Å²) in [5.41, 5.74) is 1.74. The summed E-state index contributed by atoms with van der Waals surface area (Å²) < 4.78 is 0. The van der Waals surface area contributed by atoms with Crippen LogP contribution >= 0.6 is 11.3 Å². The quantitative estimate of drug-likeness (QED) is 0.676. The molecule has 1 aromatic heterocycles. The van der Waals surface area contributed by atoms with Gasteiger partial charge >= 0.3 is 0 Å². The number of hydrogen-bond donors (Lipinski definition) is 0. The molecule has 2 rings (SSSR count). The van der Waals surface area contributed by atoms with Gasteiger partial charge in [-0.05, 0) is 28.8 Å². The molecule has 0 radical (unpaired) electrons. The maximum Gasteiger partial charge on any atom is 0.0281 e. The highest BCUT2D eigenvalue weighted by Crippen LogP contribution is 2.49. The molecule has 1 aromatic rings. The van der Waals surface area contributed by atoms with E-state index >= 15 is 0 Å². The summed E-state index contributed by atoms with van der Waals surface area (Å²) in [7, 11) is 0. The van der Waals surface area contributed by atoms with Crippen LogP contribution in [0.5, 0.6) is 0 Å². The lowest BCUT2D eigenvalue weighted by atomic mass is 9.69. The van der Waals surface area contributed by atoms with Crippen molar-refractivity contribution in [3.63, 3.8) is 0 Å². The number of hydrogen-bond acceptors (Lipinski definition) is 1. The van der Waals surface area contributed by atoms with E-state index in [4.69, 9.17) is 0 Å². The molecule has 0 unspecified atom stereocenters. The second kappa shape index (κ2) is 3.23. The fourth-order valence-corrected chi connectivity index (χ4v) is 4.05. The molecule has 14 heavy (non-hydrogen) atoms. The molecule has 0 aliphatic heterocycles. The molecule has 1 heteroatoms. The molecule has 0 aromatic carbocycles. The highest BCUT2D eigenvalue weighted by molar-refractivity contribution is 7.10. The molecular weight excluding hydrogens is 188 g/mol. The molecule has 0 saturated carbocycles. The van der Waals surface area contributed by atoms with Crippen molar-refractivity contribution < 1.29 is 0 Å². The van der Waals surface area contributed by atoms with Gasteiger partial charge in [-0.3, -0.25) is 0 Å². The minimum atomic E-state index is 0.295. The maximum absolute atomic E-state index is 2.42. The van der Waals surface area contributed by atoms with Crippen LogP contribution in [0.15, 0.2) is 17.5 Å². The molecule has 1 aliphatic carbocycles. The van der Waals surface area contributed by atoms with Gasteiger partial charge < -0.3 is 0 Å². The maximum atomic E-state index is 2.42. The van der Waals surface area contributed by atoms with Crippen molar-refractivity contribution in [1.82, 2.24) is 0 Å². The van der Waals surface area contributed by atoms with Crippen LogP contribution in [0.25, 0.3) is 6.08 Å². The Hall–Kier alpha value is -0.560. The van der Waals surface area contributed by atoms with Gasteiger partial charge in [0.05, 0.1) is 0 Å². The zero-order chi connectivity index (χ0) is 10.3. The minimum Gasteiger partial charge on any atom is -0.147 e. The van der Waals surface area contributed by atoms with Crippen LogP contribution in [0, 0.1) is 11.8 Å². The van der Waals surface area contributed by atoms with Gasteiger partial charge in [-0.2, -0.15) is 0 Å². The fraction of sp³-hybridized carbons (Fsp3) is 0.538. The summed E-state index contributed by atoms with van der Waals surface area (Å²) in [6, 6.07) is 2.24. The Bertz CT molecular complexity index is 347. The molecule has 76 valence electrons. The average Bonchev–Trinajstić information content (AvgIpc) is 2.60. The number of rotatable bonds is 2. The third-order valence-electron chi connectivity index (χ3n) is 3.54. The summed E-state index contributed by atoms with van der Waals surface area (Å²) in [5.74, 6) is 1.36. The Morgan fingerprint density at radius 2 is 1.79 bits per heavy atom. The Morgan fingerprint density at radius 1 is 1.14 bits per heavy atom. The van der Waals surface area contributed by atoms with Crippen molar-refractivity contribution in [2.45, 2.75) is 33.1 Å². The van der Waals surface area contributed by atoms with Crippen LogP contribution in [-0.4, -0.2) is 0 Å². The van der Waals surface area contributed by atoms with Crippen LogP contribution in [0.4, 0.5) is 0 Å². The molecular formula is C13H18S. The van der Waals surface area contributed by atoms with Crippen LogP contribution in [0.3, 0.4) is 0 Å². The van der Waals surface area contributed by atoms with Crippen molar-refractivity contribution in [2.24, 2.45) is 11.8 Å². The Labute approximate surface area is 90.7 Å². The molecule has 0 atom stereocenters. The van der Waals surface area contributed by atoms with E-state index in [-0.39, 0.29) is 0 Å². The monoisotopic (exact) mass is 206 g/mol. The molecule has 0 fully saturated rings. The standard InChI is InChI=1S/C13H18S/c1-9(2)13(10(3)4)7-5-11-6-8-14-12(11)13/h5-10H,1-4H3. The van der Waals surface area contributed by atoms with E-state index in [1.165, 1.54) is 5.56 Å². The van der Waals surface area contributed by atoms with Crippen LogP contribution in [0.2, 0.25) is 0 Å². The highest BCUT2D eigenvalue weighted by Gasteiger charge is 2.41. The minimum absolute atomic E-state index is 0.295. The molecule has 0 spiro atoms. The number of fused-ring (bicyclic) bond motifs is 1. The SMILES string of the molecule is CC(C)C1(C(C)C)C=Cc2ccsc21. The van der Waals surface area contributed by atoms with Gasteiger partial charge in [-0.1, -0.05) is 39.8 Å². The van der Waals surface area contributed by atoms with Gasteiger partial charge in [0.25, 0.3) is 0 Å². The lowest BCUT2D eigenvalue weighted by molar-refractivity contribution is 0.295. The lowest BCUT2D eigenvalue weighted by Gasteiger charge is -2.36. The topological polar surface area (TPSA) is 0 Å². The third-order valence-corrected chi connectivity index (χ3v) is 4.64. The van der Waals surface area contributed by atoms with E-state index < -0.39 is 0 Å². The van der Waals surface area contributed by atoms with Gasteiger partial charge in [0, 0.05) is 10.3 Å². The molecule has 0 N–H and O–H groups in total. The molecule has 1 aliphatic rings. The lowest BCUT2D eigenvalue weighted by Crippen LogP contribution is -2.33. The first-order valence-corrected chi connectivity index (χ1v) is 6.24. The first kappa shape index (κ1) is 9.97. The predicted molar refractivity (Wildman–Crippen MR) is 64.7 cm³/mol. The molecule has 0 nitrogen and oxygen atoms in total. The Morgan fingerprint density at radius 3 is 2.36 bits per heavy atom. The normalized spacial score (nSPS) is 18.1. The Balaban J connectivity index is 2.56. The van der Waals surface area contributed by atoms with Gasteiger partial charge in [0.15, 0.2) is 0 Å². The smallest absolute Gasteiger partial charge is 0.0281 e. The summed E-state index contributed by atoms with van der Waals surface area (Å²) in [6.07, 6.45) is 4.72. The van der Waals surface area contributed by atoms with Crippen molar-refractivity contribution in [3.05, 3.63) is 28.0 Å². The van der Waals surface area contributed by atoms with Crippen LogP contribution in [0.1, 0.15) is 38.1 Å². The van der Waals surface area contributed by atoms with Crippen molar-refractivity contribution >= 4 is 17.4 Å². The summed E-state index contributed by atoms with van der Waals surface area (Å²) >= 11 is 1.91. The summed E-state index contributed by atoms with van der Waals surface area (Å²) in [5, 5.41) is 2.22. The zero-order valence-electron chi connectivity index (χ0n) is 9.37. The largest absolute Gasteiger partial charge is 0.147 e. The number of allylic oxidation sites excluding steroid dienone is 1. The molecule has 0 saturated heterocycles. The highest BCUT2D eigenvalue weighted by atomic mass is 32.1. The van der Waals surface area contributed by atoms with Gasteiger partial charge in [-0.25, -0.2) is 0 Å². The first-order valence-electron chi connectivity index (χ1n) is 5.36. The van der Waals surface area contributed by atoms with Crippen molar-refractivity contribution in [2.75, 3.05) is 0 Å². The zero-order valence-corrected chi connectivity index (χ0v) is 10.2. The molecule has 0 amide bonds. The summed E-state index contributed by atoms with van der Waals surface area (Å²) in [6.45, 7) is 9.33. The van der Waals surface area contributed by atoms with Gasteiger partial charge in [-0.15, -0.1) is 11.3 Å².